The van der Waals surface area contributed by atoms with Gasteiger partial charge in [-0.15, -0.1) is 0 Å². The summed E-state index contributed by atoms with van der Waals surface area (Å²) in [5, 5.41) is 12.2. The molecule has 0 bridgehead atoms. The molecule has 0 spiro atoms. The molecule has 1 aromatic rings. The van der Waals surface area contributed by atoms with Gasteiger partial charge >= 0.3 is 0 Å². The summed E-state index contributed by atoms with van der Waals surface area (Å²) in [6.45, 7) is 4.31. The van der Waals surface area contributed by atoms with Gasteiger partial charge in [0.05, 0.1) is 18.6 Å². The summed E-state index contributed by atoms with van der Waals surface area (Å²) in [7, 11) is 0. The first kappa shape index (κ1) is 11.9. The highest BCUT2D eigenvalue weighted by molar-refractivity contribution is 5.93. The fourth-order valence-corrected chi connectivity index (χ4v) is 2.02. The number of ether oxygens (including phenoxy) is 1. The molecule has 1 amide bonds. The summed E-state index contributed by atoms with van der Waals surface area (Å²) < 4.78 is 5.37. The van der Waals surface area contributed by atoms with E-state index in [2.05, 4.69) is 5.32 Å². The quantitative estimate of drug-likeness (QED) is 0.771. The second-order valence-corrected chi connectivity index (χ2v) is 4.57. The average molecular weight is 235 g/mol. The molecule has 4 nitrogen and oxygen atoms in total. The molecule has 0 radical (unpaired) electrons. The first-order valence-corrected chi connectivity index (χ1v) is 5.78. The maximum atomic E-state index is 11.9. The third-order valence-electron chi connectivity index (χ3n) is 3.04. The summed E-state index contributed by atoms with van der Waals surface area (Å²) in [4.78, 5) is 11.9. The van der Waals surface area contributed by atoms with Crippen LogP contribution in [0.5, 0.6) is 5.75 Å². The molecular formula is C13H17NO3. The van der Waals surface area contributed by atoms with Crippen molar-refractivity contribution in [2.24, 2.45) is 5.92 Å². The van der Waals surface area contributed by atoms with E-state index >= 15 is 0 Å². The highest BCUT2D eigenvalue weighted by Crippen LogP contribution is 2.24. The highest BCUT2D eigenvalue weighted by atomic mass is 16.5. The first-order chi connectivity index (χ1) is 8.06. The molecule has 0 aliphatic carbocycles. The van der Waals surface area contributed by atoms with Crippen LogP contribution in [-0.4, -0.2) is 23.7 Å². The third-order valence-corrected chi connectivity index (χ3v) is 3.04. The number of amides is 1. The lowest BCUT2D eigenvalue weighted by molar-refractivity contribution is -0.119. The van der Waals surface area contributed by atoms with E-state index in [0.717, 1.165) is 17.7 Å². The molecule has 1 aromatic carbocycles. The van der Waals surface area contributed by atoms with Crippen molar-refractivity contribution in [3.05, 3.63) is 23.8 Å². The zero-order valence-corrected chi connectivity index (χ0v) is 10.1. The molecule has 1 fully saturated rings. The van der Waals surface area contributed by atoms with Crippen LogP contribution in [0.4, 0.5) is 5.69 Å². The van der Waals surface area contributed by atoms with Crippen molar-refractivity contribution in [1.82, 2.24) is 0 Å². The van der Waals surface area contributed by atoms with Crippen LogP contribution in [0.2, 0.25) is 0 Å². The molecular weight excluding hydrogens is 218 g/mol. The lowest BCUT2D eigenvalue weighted by atomic mass is 10.1. The zero-order chi connectivity index (χ0) is 12.4. The van der Waals surface area contributed by atoms with Gasteiger partial charge in [0.15, 0.2) is 0 Å². The number of phenols is 1. The zero-order valence-electron chi connectivity index (χ0n) is 10.1. The number of hydrogen-bond acceptors (Lipinski definition) is 3. The van der Waals surface area contributed by atoms with E-state index in [-0.39, 0.29) is 23.7 Å². The summed E-state index contributed by atoms with van der Waals surface area (Å²) >= 11 is 0. The Kier molecular flexibility index (Phi) is 3.33. The molecule has 1 aliphatic rings. The molecule has 92 valence electrons. The van der Waals surface area contributed by atoms with Crippen LogP contribution >= 0.6 is 0 Å². The second kappa shape index (κ2) is 4.75. The van der Waals surface area contributed by atoms with E-state index in [4.69, 9.17) is 4.74 Å². The van der Waals surface area contributed by atoms with E-state index in [1.807, 2.05) is 13.8 Å². The van der Waals surface area contributed by atoms with Crippen molar-refractivity contribution in [2.45, 2.75) is 26.4 Å². The Morgan fingerprint density at radius 1 is 1.53 bits per heavy atom. The Bertz CT molecular complexity index is 431. The van der Waals surface area contributed by atoms with Crippen molar-refractivity contribution in [3.63, 3.8) is 0 Å². The minimum Gasteiger partial charge on any atom is -0.508 e. The van der Waals surface area contributed by atoms with Crippen LogP contribution in [0.1, 0.15) is 18.9 Å². The standard InChI is InChI=1S/C13H17NO3/c1-8-5-11(15)3-4-12(8)14-13(16)10-6-9(2)17-7-10/h3-5,9-10,15H,6-7H2,1-2H3,(H,14,16). The molecule has 1 heterocycles. The molecule has 2 rings (SSSR count). The Morgan fingerprint density at radius 3 is 2.88 bits per heavy atom. The largest absolute Gasteiger partial charge is 0.508 e. The summed E-state index contributed by atoms with van der Waals surface area (Å²) in [6.07, 6.45) is 0.926. The minimum atomic E-state index is -0.0711. The fraction of sp³-hybridized carbons (Fsp3) is 0.462. The van der Waals surface area contributed by atoms with Crippen molar-refractivity contribution in [3.8, 4) is 5.75 Å². The van der Waals surface area contributed by atoms with Gasteiger partial charge in [0.2, 0.25) is 5.91 Å². The normalized spacial score (nSPS) is 23.6. The van der Waals surface area contributed by atoms with Crippen molar-refractivity contribution >= 4 is 11.6 Å². The average Bonchev–Trinajstić information content (AvgIpc) is 2.69. The molecule has 1 aliphatic heterocycles. The number of aryl methyl sites for hydroxylation is 1. The molecule has 1 saturated heterocycles. The molecule has 17 heavy (non-hydrogen) atoms. The SMILES string of the molecule is Cc1cc(O)ccc1NC(=O)C1COC(C)C1. The second-order valence-electron chi connectivity index (χ2n) is 4.57. The highest BCUT2D eigenvalue weighted by Gasteiger charge is 2.28. The lowest BCUT2D eigenvalue weighted by Crippen LogP contribution is -2.23. The van der Waals surface area contributed by atoms with E-state index < -0.39 is 0 Å². The van der Waals surface area contributed by atoms with Crippen LogP contribution in [0, 0.1) is 12.8 Å². The predicted molar refractivity (Wildman–Crippen MR) is 65.0 cm³/mol. The minimum absolute atomic E-state index is 0.0110. The van der Waals surface area contributed by atoms with E-state index in [0.29, 0.717) is 6.61 Å². The van der Waals surface area contributed by atoms with E-state index in [1.165, 1.54) is 0 Å². The molecule has 0 saturated carbocycles. The van der Waals surface area contributed by atoms with Gasteiger partial charge in [-0.1, -0.05) is 0 Å². The predicted octanol–water partition coefficient (Wildman–Crippen LogP) is 2.06. The van der Waals surface area contributed by atoms with Gasteiger partial charge < -0.3 is 15.2 Å². The monoisotopic (exact) mass is 235 g/mol. The van der Waals surface area contributed by atoms with Crippen LogP contribution in [0.15, 0.2) is 18.2 Å². The Balaban J connectivity index is 2.03. The molecule has 0 aromatic heterocycles. The smallest absolute Gasteiger partial charge is 0.229 e. The number of carbonyl (C=O) groups is 1. The number of carbonyl (C=O) groups excluding carboxylic acids is 1. The summed E-state index contributed by atoms with van der Waals surface area (Å²) in [5.74, 6) is 0.125. The van der Waals surface area contributed by atoms with Crippen LogP contribution in [0.25, 0.3) is 0 Å². The maximum Gasteiger partial charge on any atom is 0.229 e. The number of aromatic hydroxyl groups is 1. The number of phenolic OH excluding ortho intramolecular Hbond substituents is 1. The van der Waals surface area contributed by atoms with Gasteiger partial charge in [-0.3, -0.25) is 4.79 Å². The molecule has 4 heteroatoms. The van der Waals surface area contributed by atoms with Gasteiger partial charge in [0.1, 0.15) is 5.75 Å². The molecule has 2 unspecified atom stereocenters. The number of benzene rings is 1. The van der Waals surface area contributed by atoms with Crippen LogP contribution in [-0.2, 0) is 9.53 Å². The number of anilines is 1. The lowest BCUT2D eigenvalue weighted by Gasteiger charge is -2.11. The first-order valence-electron chi connectivity index (χ1n) is 5.78. The van der Waals surface area contributed by atoms with Crippen molar-refractivity contribution < 1.29 is 14.6 Å². The Hall–Kier alpha value is -1.55. The van der Waals surface area contributed by atoms with Gasteiger partial charge in [-0.2, -0.15) is 0 Å². The van der Waals surface area contributed by atoms with Crippen molar-refractivity contribution in [2.75, 3.05) is 11.9 Å². The van der Waals surface area contributed by atoms with E-state index in [1.54, 1.807) is 18.2 Å². The summed E-state index contributed by atoms with van der Waals surface area (Å²) in [6, 6.07) is 4.90. The Labute approximate surface area is 101 Å². The van der Waals surface area contributed by atoms with Crippen LogP contribution < -0.4 is 5.32 Å². The number of hydrogen-bond donors (Lipinski definition) is 2. The van der Waals surface area contributed by atoms with Gasteiger partial charge in [0, 0.05) is 5.69 Å². The molecule has 2 N–H and O–H groups in total. The van der Waals surface area contributed by atoms with Crippen LogP contribution in [0.3, 0.4) is 0 Å². The summed E-state index contributed by atoms with van der Waals surface area (Å²) in [5.41, 5.74) is 1.60. The van der Waals surface area contributed by atoms with Gasteiger partial charge in [0.25, 0.3) is 0 Å². The maximum absolute atomic E-state index is 11.9. The van der Waals surface area contributed by atoms with Gasteiger partial charge in [-0.05, 0) is 44.0 Å². The van der Waals surface area contributed by atoms with Gasteiger partial charge in [-0.25, -0.2) is 0 Å². The fourth-order valence-electron chi connectivity index (χ4n) is 2.02. The van der Waals surface area contributed by atoms with Crippen molar-refractivity contribution in [1.29, 1.82) is 0 Å². The molecule has 2 atom stereocenters. The van der Waals surface area contributed by atoms with E-state index in [9.17, 15) is 9.90 Å². The topological polar surface area (TPSA) is 58.6 Å². The third kappa shape index (κ3) is 2.77. The Morgan fingerprint density at radius 2 is 2.29 bits per heavy atom. The number of nitrogens with one attached hydrogen (secondary N) is 1. The number of rotatable bonds is 2.